The monoisotopic (exact) mass is 359 g/mol. The highest BCUT2D eigenvalue weighted by Crippen LogP contribution is 2.25. The van der Waals surface area contributed by atoms with Crippen LogP contribution in [-0.4, -0.2) is 41.2 Å². The van der Waals surface area contributed by atoms with Crippen LogP contribution in [-0.2, 0) is 16.6 Å². The molecule has 0 spiro atoms. The Bertz CT molecular complexity index is 857. The van der Waals surface area contributed by atoms with Crippen molar-refractivity contribution in [1.82, 2.24) is 15.2 Å². The fraction of sp³-hybridized carbons (Fsp3) is 0.474. The molecule has 2 aromatic rings. The number of aromatic nitrogens is 1. The van der Waals surface area contributed by atoms with Crippen molar-refractivity contribution in [2.75, 3.05) is 6.61 Å². The van der Waals surface area contributed by atoms with E-state index < -0.39 is 0 Å². The molecule has 2 amide bonds. The molecule has 138 valence electrons. The van der Waals surface area contributed by atoms with Crippen molar-refractivity contribution in [1.29, 1.82) is 0 Å². The minimum atomic E-state index is -0.375. The Morgan fingerprint density at radius 1 is 1.38 bits per heavy atom. The van der Waals surface area contributed by atoms with Gasteiger partial charge < -0.3 is 19.9 Å². The summed E-state index contributed by atoms with van der Waals surface area (Å²) in [5, 5.41) is 6.59. The minimum absolute atomic E-state index is 0.0109. The Balaban J connectivity index is 1.58. The lowest BCUT2D eigenvalue weighted by molar-refractivity contribution is -0.125. The zero-order chi connectivity index (χ0) is 18.3. The van der Waals surface area contributed by atoms with E-state index >= 15 is 0 Å². The second kappa shape index (κ2) is 6.72. The first-order chi connectivity index (χ1) is 12.5. The molecule has 1 aromatic carbocycles. The number of hydrogen-bond acceptors (Lipinski definition) is 3. The molecule has 0 saturated carbocycles. The summed E-state index contributed by atoms with van der Waals surface area (Å²) in [7, 11) is 1.83. The first kappa shape index (κ1) is 17.0. The van der Waals surface area contributed by atoms with Gasteiger partial charge in [0.05, 0.1) is 23.8 Å². The average Bonchev–Trinajstić information content (AvgIpc) is 3.25. The van der Waals surface area contributed by atoms with Crippen LogP contribution in [0, 0.1) is 5.82 Å². The van der Waals surface area contributed by atoms with Crippen molar-refractivity contribution in [2.24, 2.45) is 7.05 Å². The van der Waals surface area contributed by atoms with Gasteiger partial charge in [-0.1, -0.05) is 0 Å². The Morgan fingerprint density at radius 2 is 2.23 bits per heavy atom. The average molecular weight is 359 g/mol. The lowest BCUT2D eigenvalue weighted by atomic mass is 9.92. The number of hydrogen-bond donors (Lipinski definition) is 2. The number of nitrogens with zero attached hydrogens (tertiary/aromatic N) is 1. The van der Waals surface area contributed by atoms with Crippen molar-refractivity contribution in [3.05, 3.63) is 35.8 Å². The lowest BCUT2D eigenvalue weighted by Crippen LogP contribution is -2.60. The third-order valence-electron chi connectivity index (χ3n) is 5.32. The standard InChI is InChI=1S/C19H22FN3O3/c1-23-10-13(12-9-11(20)4-6-15(12)23)19(25)21-14-5-7-17(24)22-18(14)16-3-2-8-26-16/h4,6,9-10,14,16,18H,2-3,5,7-8H2,1H3,(H,21,25)(H,22,24)/t14-,16?,18-/m0/s1. The predicted molar refractivity (Wildman–Crippen MR) is 94.3 cm³/mol. The topological polar surface area (TPSA) is 72.4 Å². The third-order valence-corrected chi connectivity index (χ3v) is 5.32. The van der Waals surface area contributed by atoms with Crippen LogP contribution in [0.4, 0.5) is 4.39 Å². The molecular formula is C19H22FN3O3. The molecule has 2 saturated heterocycles. The Hall–Kier alpha value is -2.41. The number of aryl methyl sites for hydroxylation is 1. The van der Waals surface area contributed by atoms with Gasteiger partial charge >= 0.3 is 0 Å². The molecule has 0 aliphatic carbocycles. The molecule has 2 N–H and O–H groups in total. The molecule has 0 bridgehead atoms. The number of benzene rings is 1. The number of fused-ring (bicyclic) bond motifs is 1. The van der Waals surface area contributed by atoms with Crippen LogP contribution >= 0.6 is 0 Å². The molecule has 6 nitrogen and oxygen atoms in total. The number of carbonyl (C=O) groups is 2. The Kier molecular flexibility index (Phi) is 4.40. The van der Waals surface area contributed by atoms with Crippen LogP contribution in [0.3, 0.4) is 0 Å². The van der Waals surface area contributed by atoms with E-state index in [2.05, 4.69) is 10.6 Å². The summed E-state index contributed by atoms with van der Waals surface area (Å²) in [6.45, 7) is 0.681. The normalized spacial score (nSPS) is 26.1. The van der Waals surface area contributed by atoms with Gasteiger partial charge in [-0.05, 0) is 37.5 Å². The van der Waals surface area contributed by atoms with E-state index in [0.29, 0.717) is 30.4 Å². The van der Waals surface area contributed by atoms with E-state index in [1.54, 1.807) is 12.3 Å². The molecule has 2 aliphatic heterocycles. The maximum atomic E-state index is 13.7. The molecule has 1 aromatic heterocycles. The van der Waals surface area contributed by atoms with E-state index in [9.17, 15) is 14.0 Å². The van der Waals surface area contributed by atoms with Crippen molar-refractivity contribution in [2.45, 2.75) is 43.9 Å². The van der Waals surface area contributed by atoms with Gasteiger partial charge in [0.2, 0.25) is 5.91 Å². The highest BCUT2D eigenvalue weighted by atomic mass is 19.1. The number of amides is 2. The summed E-state index contributed by atoms with van der Waals surface area (Å²) < 4.78 is 21.2. The molecule has 1 unspecified atom stereocenters. The lowest BCUT2D eigenvalue weighted by Gasteiger charge is -2.36. The summed E-state index contributed by atoms with van der Waals surface area (Å²) in [6.07, 6.45) is 4.41. The van der Waals surface area contributed by atoms with Gasteiger partial charge in [0.15, 0.2) is 0 Å². The number of nitrogens with one attached hydrogen (secondary N) is 2. The van der Waals surface area contributed by atoms with Gasteiger partial charge in [0.25, 0.3) is 5.91 Å². The van der Waals surface area contributed by atoms with E-state index in [-0.39, 0.29) is 35.8 Å². The Labute approximate surface area is 150 Å². The van der Waals surface area contributed by atoms with Crippen molar-refractivity contribution < 1.29 is 18.7 Å². The molecule has 3 atom stereocenters. The van der Waals surface area contributed by atoms with Crippen LogP contribution in [0.15, 0.2) is 24.4 Å². The third kappa shape index (κ3) is 3.07. The van der Waals surface area contributed by atoms with Gasteiger partial charge in [-0.3, -0.25) is 9.59 Å². The van der Waals surface area contributed by atoms with Gasteiger partial charge in [-0.2, -0.15) is 0 Å². The van der Waals surface area contributed by atoms with E-state index in [0.717, 1.165) is 18.4 Å². The molecule has 7 heteroatoms. The van der Waals surface area contributed by atoms with Gasteiger partial charge in [0, 0.05) is 37.2 Å². The summed E-state index contributed by atoms with van der Waals surface area (Å²) in [5.41, 5.74) is 1.23. The summed E-state index contributed by atoms with van der Waals surface area (Å²) in [5.74, 6) is -0.645. The summed E-state index contributed by atoms with van der Waals surface area (Å²) in [6, 6.07) is 4.00. The smallest absolute Gasteiger partial charge is 0.253 e. The number of rotatable bonds is 3. The highest BCUT2D eigenvalue weighted by Gasteiger charge is 2.37. The number of halogens is 1. The summed E-state index contributed by atoms with van der Waals surface area (Å²) in [4.78, 5) is 24.7. The van der Waals surface area contributed by atoms with Crippen molar-refractivity contribution >= 4 is 22.7 Å². The number of piperidine rings is 1. The van der Waals surface area contributed by atoms with Crippen LogP contribution in [0.1, 0.15) is 36.0 Å². The van der Waals surface area contributed by atoms with Gasteiger partial charge in [-0.25, -0.2) is 4.39 Å². The molecule has 4 rings (SSSR count). The largest absolute Gasteiger partial charge is 0.376 e. The van der Waals surface area contributed by atoms with Crippen LogP contribution in [0.25, 0.3) is 10.9 Å². The molecule has 26 heavy (non-hydrogen) atoms. The number of ether oxygens (including phenoxy) is 1. The zero-order valence-electron chi connectivity index (χ0n) is 14.6. The van der Waals surface area contributed by atoms with Crippen molar-refractivity contribution in [3.8, 4) is 0 Å². The van der Waals surface area contributed by atoms with Gasteiger partial charge in [-0.15, -0.1) is 0 Å². The molecular weight excluding hydrogens is 337 g/mol. The highest BCUT2D eigenvalue weighted by molar-refractivity contribution is 6.07. The second-order valence-electron chi connectivity index (χ2n) is 7.08. The fourth-order valence-electron chi connectivity index (χ4n) is 4.02. The fourth-order valence-corrected chi connectivity index (χ4v) is 4.02. The molecule has 0 radical (unpaired) electrons. The zero-order valence-corrected chi connectivity index (χ0v) is 14.6. The Morgan fingerprint density at radius 3 is 3.00 bits per heavy atom. The quantitative estimate of drug-likeness (QED) is 0.879. The molecule has 3 heterocycles. The SMILES string of the molecule is Cn1cc(C(=O)N[C@H]2CCC(=O)N[C@@H]2C2CCCO2)c2cc(F)ccc21. The second-order valence-corrected chi connectivity index (χ2v) is 7.08. The minimum Gasteiger partial charge on any atom is -0.376 e. The number of carbonyl (C=O) groups excluding carboxylic acids is 2. The van der Waals surface area contributed by atoms with Crippen LogP contribution in [0.2, 0.25) is 0 Å². The molecule has 2 aliphatic rings. The first-order valence-corrected chi connectivity index (χ1v) is 8.99. The predicted octanol–water partition coefficient (Wildman–Crippen LogP) is 1.87. The first-order valence-electron chi connectivity index (χ1n) is 8.99. The van der Waals surface area contributed by atoms with Crippen LogP contribution < -0.4 is 10.6 Å². The maximum Gasteiger partial charge on any atom is 0.253 e. The van der Waals surface area contributed by atoms with Crippen molar-refractivity contribution in [3.63, 3.8) is 0 Å². The van der Waals surface area contributed by atoms with Gasteiger partial charge in [0.1, 0.15) is 5.82 Å². The molecule has 2 fully saturated rings. The van der Waals surface area contributed by atoms with E-state index in [4.69, 9.17) is 4.74 Å². The maximum absolute atomic E-state index is 13.7. The van der Waals surface area contributed by atoms with Crippen LogP contribution in [0.5, 0.6) is 0 Å². The summed E-state index contributed by atoms with van der Waals surface area (Å²) >= 11 is 0. The van der Waals surface area contributed by atoms with E-state index in [1.165, 1.54) is 12.1 Å². The van der Waals surface area contributed by atoms with E-state index in [1.807, 2.05) is 11.6 Å².